The highest BCUT2D eigenvalue weighted by Gasteiger charge is 2.20. The van der Waals surface area contributed by atoms with E-state index >= 15 is 0 Å². The van der Waals surface area contributed by atoms with Crippen LogP contribution in [0.15, 0.2) is 23.0 Å². The zero-order valence-corrected chi connectivity index (χ0v) is 14.6. The van der Waals surface area contributed by atoms with Crippen LogP contribution in [0.5, 0.6) is 5.75 Å². The van der Waals surface area contributed by atoms with E-state index in [2.05, 4.69) is 22.8 Å². The van der Waals surface area contributed by atoms with Crippen LogP contribution in [0.3, 0.4) is 0 Å². The first-order valence-electron chi connectivity index (χ1n) is 8.08. The topological polar surface area (TPSA) is 111 Å². The largest absolute Gasteiger partial charge is 0.506 e. The summed E-state index contributed by atoms with van der Waals surface area (Å²) in [5, 5.41) is 10.6. The van der Waals surface area contributed by atoms with Gasteiger partial charge in [-0.2, -0.15) is 0 Å². The number of nitrogens with one attached hydrogen (secondary N) is 3. The van der Waals surface area contributed by atoms with Crippen molar-refractivity contribution in [3.63, 3.8) is 0 Å². The molecule has 8 heteroatoms. The Bertz CT molecular complexity index is 848. The lowest BCUT2D eigenvalue weighted by Gasteiger charge is -2.10. The van der Waals surface area contributed by atoms with Gasteiger partial charge >= 0.3 is 0 Å². The highest BCUT2D eigenvalue weighted by atomic mass is 35.5. The van der Waals surface area contributed by atoms with Gasteiger partial charge in [0.1, 0.15) is 11.3 Å². The Kier molecular flexibility index (Phi) is 6.41. The van der Waals surface area contributed by atoms with E-state index in [1.54, 1.807) is 12.1 Å². The van der Waals surface area contributed by atoms with Crippen molar-refractivity contribution in [3.05, 3.63) is 39.1 Å². The number of carbonyl (C=O) groups is 2. The number of fused-ring (bicyclic) bond motifs is 1. The Labute approximate surface area is 149 Å². The van der Waals surface area contributed by atoms with E-state index in [9.17, 15) is 19.5 Å². The maximum atomic E-state index is 12.2. The van der Waals surface area contributed by atoms with E-state index in [1.165, 1.54) is 6.07 Å². The molecule has 1 heterocycles. The lowest BCUT2D eigenvalue weighted by Crippen LogP contribution is -2.43. The number of amides is 2. The lowest BCUT2D eigenvalue weighted by molar-refractivity contribution is -0.122. The molecule has 0 fully saturated rings. The third kappa shape index (κ3) is 4.51. The molecule has 0 radical (unpaired) electrons. The van der Waals surface area contributed by atoms with Crippen molar-refractivity contribution in [3.8, 4) is 5.75 Å². The van der Waals surface area contributed by atoms with Crippen molar-refractivity contribution in [2.75, 3.05) is 0 Å². The van der Waals surface area contributed by atoms with E-state index in [-0.39, 0.29) is 22.7 Å². The summed E-state index contributed by atoms with van der Waals surface area (Å²) in [5.74, 6) is -1.80. The third-order valence-corrected chi connectivity index (χ3v) is 4.08. The maximum Gasteiger partial charge on any atom is 0.279 e. The van der Waals surface area contributed by atoms with Crippen LogP contribution in [0.25, 0.3) is 10.9 Å². The number of hydrogen-bond acceptors (Lipinski definition) is 4. The van der Waals surface area contributed by atoms with Gasteiger partial charge in [0.25, 0.3) is 11.5 Å². The molecular formula is C17H20ClN3O4. The molecule has 2 rings (SSSR count). The first kappa shape index (κ1) is 18.8. The minimum Gasteiger partial charge on any atom is -0.506 e. The summed E-state index contributed by atoms with van der Waals surface area (Å²) >= 11 is 6.02. The second-order valence-electron chi connectivity index (χ2n) is 5.65. The van der Waals surface area contributed by atoms with Gasteiger partial charge in [-0.1, -0.05) is 43.9 Å². The molecule has 4 N–H and O–H groups in total. The number of aromatic hydroxyl groups is 1. The minimum atomic E-state index is -0.914. The van der Waals surface area contributed by atoms with Gasteiger partial charge in [-0.3, -0.25) is 25.2 Å². The van der Waals surface area contributed by atoms with Crippen LogP contribution in [-0.4, -0.2) is 21.9 Å². The summed E-state index contributed by atoms with van der Waals surface area (Å²) in [6.07, 6.45) is 4.02. The summed E-state index contributed by atoms with van der Waals surface area (Å²) in [5.41, 5.74) is 3.41. The molecule has 0 bridgehead atoms. The van der Waals surface area contributed by atoms with Crippen molar-refractivity contribution < 1.29 is 14.7 Å². The zero-order chi connectivity index (χ0) is 18.4. The summed E-state index contributed by atoms with van der Waals surface area (Å²) in [7, 11) is 0. The molecule has 25 heavy (non-hydrogen) atoms. The van der Waals surface area contributed by atoms with Gasteiger partial charge in [0.05, 0.1) is 15.9 Å². The van der Waals surface area contributed by atoms with Gasteiger partial charge in [-0.05, 0) is 18.6 Å². The molecule has 7 nitrogen and oxygen atoms in total. The lowest BCUT2D eigenvalue weighted by atomic mass is 10.1. The monoisotopic (exact) mass is 365 g/mol. The molecule has 1 aromatic carbocycles. The fraction of sp³-hybridized carbons (Fsp3) is 0.353. The number of rotatable bonds is 6. The van der Waals surface area contributed by atoms with Gasteiger partial charge in [0, 0.05) is 6.42 Å². The summed E-state index contributed by atoms with van der Waals surface area (Å²) in [6, 6.07) is 4.70. The Hall–Kier alpha value is -2.54. The number of carbonyl (C=O) groups excluding carboxylic acids is 2. The van der Waals surface area contributed by atoms with E-state index < -0.39 is 22.8 Å². The normalized spacial score (nSPS) is 10.6. The fourth-order valence-electron chi connectivity index (χ4n) is 2.46. The smallest absolute Gasteiger partial charge is 0.279 e. The molecular weight excluding hydrogens is 346 g/mol. The van der Waals surface area contributed by atoms with Crippen molar-refractivity contribution in [1.29, 1.82) is 0 Å². The SMILES string of the molecule is CCCCCCC(=O)NNC(=O)c1c(O)c2c(Cl)cccc2[nH]c1=O. The van der Waals surface area contributed by atoms with Crippen molar-refractivity contribution in [2.45, 2.75) is 39.0 Å². The van der Waals surface area contributed by atoms with Crippen molar-refractivity contribution >= 4 is 34.3 Å². The molecule has 0 saturated carbocycles. The maximum absolute atomic E-state index is 12.2. The minimum absolute atomic E-state index is 0.166. The number of H-pyrrole nitrogens is 1. The number of unbranched alkanes of at least 4 members (excludes halogenated alkanes) is 3. The van der Waals surface area contributed by atoms with Crippen molar-refractivity contribution in [1.82, 2.24) is 15.8 Å². The Balaban J connectivity index is 2.11. The highest BCUT2D eigenvalue weighted by Crippen LogP contribution is 2.31. The fourth-order valence-corrected chi connectivity index (χ4v) is 2.72. The molecule has 134 valence electrons. The Morgan fingerprint density at radius 1 is 1.20 bits per heavy atom. The summed E-state index contributed by atoms with van der Waals surface area (Å²) in [6.45, 7) is 2.07. The standard InChI is InChI=1S/C17H20ClN3O4/c1-2-3-4-5-9-12(22)20-21-17(25)14-15(23)13-10(18)7-6-8-11(13)19-16(14)24/h6-8H,2-5,9H2,1H3,(H,20,22)(H,21,25)(H2,19,23,24). The molecule has 2 amide bonds. The van der Waals surface area contributed by atoms with E-state index in [1.807, 2.05) is 0 Å². The van der Waals surface area contributed by atoms with Crippen LogP contribution in [0.4, 0.5) is 0 Å². The number of hydrazine groups is 1. The van der Waals surface area contributed by atoms with Gasteiger partial charge in [0.15, 0.2) is 0 Å². The molecule has 0 atom stereocenters. The highest BCUT2D eigenvalue weighted by molar-refractivity contribution is 6.36. The number of pyridine rings is 1. The molecule has 0 saturated heterocycles. The molecule has 0 spiro atoms. The number of hydrogen-bond donors (Lipinski definition) is 4. The predicted octanol–water partition coefficient (Wildman–Crippen LogP) is 2.62. The number of aromatic nitrogens is 1. The quantitative estimate of drug-likeness (QED) is 0.465. The third-order valence-electron chi connectivity index (χ3n) is 3.76. The Morgan fingerprint density at radius 3 is 2.68 bits per heavy atom. The van der Waals surface area contributed by atoms with Gasteiger partial charge in [-0.25, -0.2) is 0 Å². The summed E-state index contributed by atoms with van der Waals surface area (Å²) < 4.78 is 0. The van der Waals surface area contributed by atoms with Gasteiger partial charge < -0.3 is 10.1 Å². The van der Waals surface area contributed by atoms with Crippen LogP contribution < -0.4 is 16.4 Å². The average Bonchev–Trinajstić information content (AvgIpc) is 2.56. The number of benzene rings is 1. The molecule has 0 aliphatic carbocycles. The molecule has 1 aromatic heterocycles. The zero-order valence-electron chi connectivity index (χ0n) is 13.8. The Morgan fingerprint density at radius 2 is 1.96 bits per heavy atom. The summed E-state index contributed by atoms with van der Waals surface area (Å²) in [4.78, 5) is 38.4. The van der Waals surface area contributed by atoms with Crippen LogP contribution in [0, 0.1) is 0 Å². The second-order valence-corrected chi connectivity index (χ2v) is 6.06. The van der Waals surface area contributed by atoms with Crippen LogP contribution in [-0.2, 0) is 4.79 Å². The second kappa shape index (κ2) is 8.53. The average molecular weight is 366 g/mol. The van der Waals surface area contributed by atoms with Crippen LogP contribution >= 0.6 is 11.6 Å². The van der Waals surface area contributed by atoms with E-state index in [4.69, 9.17) is 11.6 Å². The number of aromatic amines is 1. The van der Waals surface area contributed by atoms with Crippen LogP contribution in [0.2, 0.25) is 5.02 Å². The van der Waals surface area contributed by atoms with E-state index in [0.29, 0.717) is 11.9 Å². The van der Waals surface area contributed by atoms with Gasteiger partial charge in [-0.15, -0.1) is 0 Å². The molecule has 0 unspecified atom stereocenters. The first-order valence-corrected chi connectivity index (χ1v) is 8.46. The molecule has 0 aliphatic rings. The van der Waals surface area contributed by atoms with Crippen LogP contribution in [0.1, 0.15) is 49.4 Å². The predicted molar refractivity (Wildman–Crippen MR) is 95.6 cm³/mol. The van der Waals surface area contributed by atoms with Crippen molar-refractivity contribution in [2.24, 2.45) is 0 Å². The molecule has 0 aliphatic heterocycles. The number of halogens is 1. The van der Waals surface area contributed by atoms with Gasteiger partial charge in [0.2, 0.25) is 5.91 Å². The first-order chi connectivity index (χ1) is 12.0. The van der Waals surface area contributed by atoms with E-state index in [0.717, 1.165) is 19.3 Å². The molecule has 2 aromatic rings.